The molecule has 3 aromatic carbocycles. The van der Waals surface area contributed by atoms with Crippen LogP contribution < -0.4 is 4.90 Å². The minimum Gasteiger partial charge on any atom is -0.455 e. The Morgan fingerprint density at radius 1 is 0.922 bits per heavy atom. The maximum atomic E-state index is 15.1. The molecule has 0 aromatic heterocycles. The molecule has 3 aromatic rings. The van der Waals surface area contributed by atoms with Crippen molar-refractivity contribution >= 4 is 41.0 Å². The van der Waals surface area contributed by atoms with Crippen LogP contribution in [-0.2, 0) is 41.8 Å². The number of carbonyl (C=O) groups is 4. The molecule has 0 radical (unpaired) electrons. The third-order valence-electron chi connectivity index (χ3n) is 10.7. The normalized spacial score (nSPS) is 30.2. The lowest BCUT2D eigenvalue weighted by Crippen LogP contribution is -2.56. The Labute approximate surface area is 301 Å². The largest absolute Gasteiger partial charge is 0.455 e. The van der Waals surface area contributed by atoms with Gasteiger partial charge in [0.15, 0.2) is 0 Å². The number of nitrogens with zero attached hydrogens (tertiary/aromatic N) is 3. The van der Waals surface area contributed by atoms with Gasteiger partial charge >= 0.3 is 5.97 Å². The Bertz CT molecular complexity index is 1880. The highest BCUT2D eigenvalue weighted by Crippen LogP contribution is 2.57. The number of aliphatic hydroxyl groups is 1. The zero-order valence-corrected chi connectivity index (χ0v) is 29.2. The predicted molar refractivity (Wildman–Crippen MR) is 190 cm³/mol. The van der Waals surface area contributed by atoms with Gasteiger partial charge in [-0.3, -0.25) is 24.1 Å². The van der Waals surface area contributed by atoms with Gasteiger partial charge in [0.1, 0.15) is 23.7 Å². The van der Waals surface area contributed by atoms with Crippen molar-refractivity contribution in [3.63, 3.8) is 0 Å². The molecule has 4 heterocycles. The van der Waals surface area contributed by atoms with Crippen molar-refractivity contribution in [2.24, 2.45) is 11.8 Å². The molecule has 2 saturated heterocycles. The van der Waals surface area contributed by atoms with Crippen molar-refractivity contribution in [3.05, 3.63) is 125 Å². The van der Waals surface area contributed by atoms with Crippen molar-refractivity contribution in [3.8, 4) is 0 Å². The Morgan fingerprint density at radius 3 is 2.37 bits per heavy atom. The molecule has 3 amide bonds. The van der Waals surface area contributed by atoms with E-state index in [2.05, 4.69) is 0 Å². The van der Waals surface area contributed by atoms with E-state index >= 15 is 4.79 Å². The standard InChI is InChI=1S/C40H40ClN3O7/c1-25-35(27-15-8-4-9-16-27)50-39(49)33-31-20-21-40(51-31)34(33)37(47)44(30-18-12-17-29(41)28(30)24-45)36(40)38(48)43(23-26-13-6-3-7-14-26)22-11-5-10-19-32(46)42(25)2/h3-9,11-18,20-21,25,31,33-36,45H,10,19,22-24H2,1-2H3/b11-5+/t25-,31+,33-,34-,35+,36+,40-/m1/s1. The van der Waals surface area contributed by atoms with Gasteiger partial charge in [0.05, 0.1) is 30.4 Å². The lowest BCUT2D eigenvalue weighted by molar-refractivity contribution is -0.163. The van der Waals surface area contributed by atoms with Crippen LogP contribution in [0.15, 0.2) is 103 Å². The zero-order valence-electron chi connectivity index (χ0n) is 28.4. The molecule has 0 aliphatic carbocycles. The summed E-state index contributed by atoms with van der Waals surface area (Å²) in [6, 6.07) is 21.8. The van der Waals surface area contributed by atoms with Crippen LogP contribution in [0.1, 0.15) is 42.6 Å². The summed E-state index contributed by atoms with van der Waals surface area (Å²) >= 11 is 6.55. The number of esters is 1. The molecule has 1 N–H and O–H groups in total. The van der Waals surface area contributed by atoms with E-state index in [1.54, 1.807) is 47.2 Å². The fourth-order valence-corrected chi connectivity index (χ4v) is 8.17. The van der Waals surface area contributed by atoms with E-state index in [1.165, 1.54) is 4.90 Å². The average molecular weight is 710 g/mol. The van der Waals surface area contributed by atoms with Gasteiger partial charge in [0, 0.05) is 37.1 Å². The van der Waals surface area contributed by atoms with E-state index in [1.807, 2.05) is 79.7 Å². The number of rotatable bonds is 5. The van der Waals surface area contributed by atoms with Gasteiger partial charge in [0.2, 0.25) is 17.7 Å². The quantitative estimate of drug-likeness (QED) is 0.293. The Hall–Kier alpha value is -4.77. The molecule has 10 nitrogen and oxygen atoms in total. The summed E-state index contributed by atoms with van der Waals surface area (Å²) in [6.45, 7) is 1.76. The summed E-state index contributed by atoms with van der Waals surface area (Å²) in [7, 11) is 1.69. The van der Waals surface area contributed by atoms with Crippen molar-refractivity contribution in [1.82, 2.24) is 9.80 Å². The molecular formula is C40H40ClN3O7. The van der Waals surface area contributed by atoms with E-state index in [9.17, 15) is 19.5 Å². The highest BCUT2D eigenvalue weighted by atomic mass is 35.5. The predicted octanol–water partition coefficient (Wildman–Crippen LogP) is 5.00. The van der Waals surface area contributed by atoms with Gasteiger partial charge in [-0.25, -0.2) is 0 Å². The molecule has 0 saturated carbocycles. The summed E-state index contributed by atoms with van der Waals surface area (Å²) < 4.78 is 12.9. The second-order valence-electron chi connectivity index (χ2n) is 13.5. The molecular weight excluding hydrogens is 670 g/mol. The van der Waals surface area contributed by atoms with E-state index < -0.39 is 66.1 Å². The number of cyclic esters (lactones) is 1. The number of hydrogen-bond donors (Lipinski definition) is 1. The molecule has 0 unspecified atom stereocenters. The van der Waals surface area contributed by atoms with E-state index in [4.69, 9.17) is 21.1 Å². The molecule has 51 heavy (non-hydrogen) atoms. The number of benzene rings is 3. The summed E-state index contributed by atoms with van der Waals surface area (Å²) in [5, 5.41) is 10.7. The second-order valence-corrected chi connectivity index (χ2v) is 13.9. The molecule has 7 atom stereocenters. The number of anilines is 1. The van der Waals surface area contributed by atoms with E-state index in [0.717, 1.165) is 5.56 Å². The zero-order chi connectivity index (χ0) is 35.9. The van der Waals surface area contributed by atoms with Gasteiger partial charge in [-0.2, -0.15) is 0 Å². The maximum Gasteiger partial charge on any atom is 0.313 e. The van der Waals surface area contributed by atoms with Gasteiger partial charge in [-0.1, -0.05) is 103 Å². The number of aliphatic hydroxyl groups excluding tert-OH is 1. The highest BCUT2D eigenvalue weighted by Gasteiger charge is 2.74. The third kappa shape index (κ3) is 6.05. The SMILES string of the molecule is C[C@@H]1[C@@H](c2ccccc2)OC(=O)[C@@H]2[C@@H]3C=C[C@]4(O3)[C@H](C(=O)N(Cc3ccccc3)C/C=C/CCC(=O)N1C)N(c1cccc(Cl)c1CO)C(=O)[C@@H]24. The Morgan fingerprint density at radius 2 is 1.65 bits per heavy atom. The number of halogens is 1. The Kier molecular flexibility index (Phi) is 9.58. The molecule has 5 bridgehead atoms. The van der Waals surface area contributed by atoms with Crippen LogP contribution in [0.25, 0.3) is 0 Å². The van der Waals surface area contributed by atoms with Crippen molar-refractivity contribution in [2.45, 2.75) is 62.8 Å². The molecule has 4 aliphatic rings. The lowest BCUT2D eigenvalue weighted by Gasteiger charge is -2.36. The van der Waals surface area contributed by atoms with Crippen molar-refractivity contribution < 1.29 is 33.8 Å². The molecule has 7 rings (SSSR count). The number of hydrogen-bond acceptors (Lipinski definition) is 7. The first-order chi connectivity index (χ1) is 24.7. The fourth-order valence-electron chi connectivity index (χ4n) is 7.95. The first kappa shape index (κ1) is 34.7. The van der Waals surface area contributed by atoms with Gasteiger partial charge in [-0.05, 0) is 36.6 Å². The van der Waals surface area contributed by atoms with Gasteiger partial charge < -0.3 is 24.4 Å². The summed E-state index contributed by atoms with van der Waals surface area (Å²) in [6.07, 6.45) is 6.18. The van der Waals surface area contributed by atoms with Crippen LogP contribution in [0.3, 0.4) is 0 Å². The Balaban J connectivity index is 1.37. The smallest absolute Gasteiger partial charge is 0.313 e. The summed E-state index contributed by atoms with van der Waals surface area (Å²) in [5.74, 6) is -3.90. The minimum atomic E-state index is -1.51. The summed E-state index contributed by atoms with van der Waals surface area (Å²) in [4.78, 5) is 62.5. The average Bonchev–Trinajstić information content (AvgIpc) is 3.79. The fraction of sp³-hybridized carbons (Fsp3) is 0.350. The van der Waals surface area contributed by atoms with Gasteiger partial charge in [-0.15, -0.1) is 0 Å². The second kappa shape index (κ2) is 14.1. The molecule has 264 valence electrons. The molecule has 2 fully saturated rings. The maximum absolute atomic E-state index is 15.1. The minimum absolute atomic E-state index is 0.123. The van der Waals surface area contributed by atoms with Crippen molar-refractivity contribution in [2.75, 3.05) is 18.5 Å². The van der Waals surface area contributed by atoms with E-state index in [-0.39, 0.29) is 41.7 Å². The third-order valence-corrected chi connectivity index (χ3v) is 11.0. The number of carbonyl (C=O) groups excluding carboxylic acids is 4. The van der Waals surface area contributed by atoms with Crippen LogP contribution in [0, 0.1) is 11.8 Å². The molecule has 1 spiro atoms. The lowest BCUT2D eigenvalue weighted by atomic mass is 9.74. The number of amides is 3. The van der Waals surface area contributed by atoms with Crippen LogP contribution in [0.2, 0.25) is 5.02 Å². The van der Waals surface area contributed by atoms with Crippen molar-refractivity contribution in [1.29, 1.82) is 0 Å². The monoisotopic (exact) mass is 709 g/mol. The summed E-state index contributed by atoms with van der Waals surface area (Å²) in [5.41, 5.74) is 0.609. The molecule has 4 aliphatic heterocycles. The van der Waals surface area contributed by atoms with Crippen LogP contribution in [0.5, 0.6) is 0 Å². The number of likely N-dealkylation sites (N-methyl/N-ethyl adjacent to an activating group) is 1. The number of allylic oxidation sites excluding steroid dienone is 1. The number of ether oxygens (including phenoxy) is 2. The first-order valence-corrected chi connectivity index (χ1v) is 17.6. The van der Waals surface area contributed by atoms with Crippen LogP contribution in [-0.4, -0.2) is 76.0 Å². The topological polar surface area (TPSA) is 117 Å². The number of fused-ring (bicyclic) bond motifs is 2. The van der Waals surface area contributed by atoms with Crippen LogP contribution >= 0.6 is 11.6 Å². The van der Waals surface area contributed by atoms with Gasteiger partial charge in [0.25, 0.3) is 0 Å². The highest BCUT2D eigenvalue weighted by molar-refractivity contribution is 6.32. The molecule has 11 heteroatoms. The first-order valence-electron chi connectivity index (χ1n) is 17.2. The van der Waals surface area contributed by atoms with E-state index in [0.29, 0.717) is 12.0 Å². The van der Waals surface area contributed by atoms with Crippen LogP contribution in [0.4, 0.5) is 5.69 Å².